The quantitative estimate of drug-likeness (QED) is 0.770. The number of anilines is 1. The van der Waals surface area contributed by atoms with Gasteiger partial charge in [0.15, 0.2) is 11.6 Å². The predicted molar refractivity (Wildman–Crippen MR) is 50.5 cm³/mol. The highest BCUT2D eigenvalue weighted by atomic mass is 35.5. The van der Waals surface area contributed by atoms with Crippen molar-refractivity contribution in [1.29, 1.82) is 0 Å². The van der Waals surface area contributed by atoms with Crippen LogP contribution >= 0.6 is 11.6 Å². The van der Waals surface area contributed by atoms with Crippen molar-refractivity contribution in [2.24, 2.45) is 5.92 Å². The number of nitrogens with zero attached hydrogens (tertiary/aromatic N) is 2. The largest absolute Gasteiger partial charge is 0.308 e. The second-order valence-electron chi connectivity index (χ2n) is 2.98. The van der Waals surface area contributed by atoms with Gasteiger partial charge in [-0.15, -0.1) is 0 Å². The summed E-state index contributed by atoms with van der Waals surface area (Å²) in [5.74, 6) is -1.46. The maximum atomic E-state index is 13.0. The van der Waals surface area contributed by atoms with Gasteiger partial charge in [0.2, 0.25) is 11.2 Å². The van der Waals surface area contributed by atoms with Crippen LogP contribution < -0.4 is 5.32 Å². The highest BCUT2D eigenvalue weighted by Gasteiger charge is 2.12. The van der Waals surface area contributed by atoms with Gasteiger partial charge in [-0.05, 0) is 11.6 Å². The first-order valence-electron chi connectivity index (χ1n) is 3.99. The van der Waals surface area contributed by atoms with Crippen LogP contribution in [-0.4, -0.2) is 15.9 Å². The lowest BCUT2D eigenvalue weighted by atomic mass is 10.2. The number of nitrogens with one attached hydrogen (secondary N) is 1. The van der Waals surface area contributed by atoms with E-state index in [1.807, 2.05) is 0 Å². The molecule has 0 aliphatic rings. The van der Waals surface area contributed by atoms with Crippen molar-refractivity contribution < 1.29 is 9.18 Å². The minimum Gasteiger partial charge on any atom is -0.308 e. The van der Waals surface area contributed by atoms with E-state index in [4.69, 9.17) is 11.6 Å². The first kappa shape index (κ1) is 10.8. The minimum absolute atomic E-state index is 0.106. The van der Waals surface area contributed by atoms with Crippen molar-refractivity contribution in [3.05, 3.63) is 17.3 Å². The fourth-order valence-electron chi connectivity index (χ4n) is 0.694. The summed E-state index contributed by atoms with van der Waals surface area (Å²) >= 11 is 5.44. The molecule has 4 nitrogen and oxygen atoms in total. The third kappa shape index (κ3) is 2.63. The molecule has 14 heavy (non-hydrogen) atoms. The van der Waals surface area contributed by atoms with Gasteiger partial charge in [-0.1, -0.05) is 13.8 Å². The number of rotatable bonds is 2. The zero-order chi connectivity index (χ0) is 10.7. The molecule has 0 atom stereocenters. The lowest BCUT2D eigenvalue weighted by Crippen LogP contribution is -2.19. The van der Waals surface area contributed by atoms with Gasteiger partial charge in [-0.3, -0.25) is 4.79 Å². The van der Waals surface area contributed by atoms with Gasteiger partial charge in [-0.2, -0.15) is 4.98 Å². The second kappa shape index (κ2) is 4.32. The zero-order valence-electron chi connectivity index (χ0n) is 7.71. The molecule has 1 aromatic rings. The maximum Gasteiger partial charge on any atom is 0.228 e. The van der Waals surface area contributed by atoms with E-state index in [1.165, 1.54) is 0 Å². The Hall–Kier alpha value is -1.23. The van der Waals surface area contributed by atoms with Crippen LogP contribution in [0.25, 0.3) is 0 Å². The Bertz CT molecular complexity index is 356. The lowest BCUT2D eigenvalue weighted by Gasteiger charge is -2.06. The van der Waals surface area contributed by atoms with Crippen LogP contribution in [0.1, 0.15) is 13.8 Å². The van der Waals surface area contributed by atoms with E-state index >= 15 is 0 Å². The fourth-order valence-corrected chi connectivity index (χ4v) is 0.828. The molecule has 0 radical (unpaired) electrons. The van der Waals surface area contributed by atoms with E-state index in [9.17, 15) is 9.18 Å². The minimum atomic E-state index is -0.705. The van der Waals surface area contributed by atoms with Crippen LogP contribution in [0.4, 0.5) is 10.2 Å². The van der Waals surface area contributed by atoms with Crippen molar-refractivity contribution in [2.75, 3.05) is 5.32 Å². The predicted octanol–water partition coefficient (Wildman–Crippen LogP) is 1.86. The van der Waals surface area contributed by atoms with Gasteiger partial charge in [0.25, 0.3) is 0 Å². The highest BCUT2D eigenvalue weighted by molar-refractivity contribution is 6.28. The Morgan fingerprint density at radius 1 is 1.64 bits per heavy atom. The van der Waals surface area contributed by atoms with Crippen molar-refractivity contribution in [3.8, 4) is 0 Å². The van der Waals surface area contributed by atoms with Crippen LogP contribution in [0.3, 0.4) is 0 Å². The average Bonchev–Trinajstić information content (AvgIpc) is 2.11. The van der Waals surface area contributed by atoms with E-state index in [2.05, 4.69) is 15.3 Å². The van der Waals surface area contributed by atoms with Gasteiger partial charge >= 0.3 is 0 Å². The third-order valence-electron chi connectivity index (χ3n) is 1.48. The first-order chi connectivity index (χ1) is 6.50. The Morgan fingerprint density at radius 2 is 2.29 bits per heavy atom. The molecule has 1 aromatic heterocycles. The molecule has 0 saturated carbocycles. The molecular weight excluding hydrogens is 209 g/mol. The van der Waals surface area contributed by atoms with E-state index in [-0.39, 0.29) is 22.9 Å². The summed E-state index contributed by atoms with van der Waals surface area (Å²) in [7, 11) is 0. The standard InChI is InChI=1S/C8H9ClFN3O/c1-4(2)7(14)12-6-5(10)3-11-8(9)13-6/h3-4H,1-2H3,(H,11,12,13,14). The highest BCUT2D eigenvalue weighted by Crippen LogP contribution is 2.12. The molecule has 0 unspecified atom stereocenters. The van der Waals surface area contributed by atoms with Gasteiger partial charge in [0, 0.05) is 5.92 Å². The molecule has 1 rings (SSSR count). The topological polar surface area (TPSA) is 54.9 Å². The van der Waals surface area contributed by atoms with Crippen LogP contribution in [0, 0.1) is 11.7 Å². The summed E-state index contributed by atoms with van der Waals surface area (Å²) in [6.45, 7) is 3.38. The summed E-state index contributed by atoms with van der Waals surface area (Å²) in [6.07, 6.45) is 0.908. The molecule has 1 amide bonds. The number of aromatic nitrogens is 2. The van der Waals surface area contributed by atoms with E-state index in [0.29, 0.717) is 0 Å². The van der Waals surface area contributed by atoms with Crippen molar-refractivity contribution in [1.82, 2.24) is 9.97 Å². The Balaban J connectivity index is 2.86. The normalized spacial score (nSPS) is 10.4. The van der Waals surface area contributed by atoms with Crippen molar-refractivity contribution in [2.45, 2.75) is 13.8 Å². The number of hydrogen-bond donors (Lipinski definition) is 1. The third-order valence-corrected chi connectivity index (χ3v) is 1.66. The van der Waals surface area contributed by atoms with Gasteiger partial charge in [-0.25, -0.2) is 9.37 Å². The number of halogens is 2. The zero-order valence-corrected chi connectivity index (χ0v) is 8.47. The number of carbonyl (C=O) groups is 1. The number of amides is 1. The van der Waals surface area contributed by atoms with E-state index in [0.717, 1.165) is 6.20 Å². The Kier molecular flexibility index (Phi) is 3.35. The van der Waals surface area contributed by atoms with Gasteiger partial charge in [0.05, 0.1) is 6.20 Å². The van der Waals surface area contributed by atoms with Crippen LogP contribution in [-0.2, 0) is 4.79 Å². The molecule has 0 aromatic carbocycles. The van der Waals surface area contributed by atoms with Crippen LogP contribution in [0.5, 0.6) is 0 Å². The summed E-state index contributed by atoms with van der Waals surface area (Å²) in [4.78, 5) is 18.2. The molecular formula is C8H9ClFN3O. The Labute approximate surface area is 85.5 Å². The molecule has 0 spiro atoms. The molecule has 1 heterocycles. The van der Waals surface area contributed by atoms with Crippen LogP contribution in [0.2, 0.25) is 5.28 Å². The molecule has 0 fully saturated rings. The van der Waals surface area contributed by atoms with Crippen molar-refractivity contribution >= 4 is 23.3 Å². The SMILES string of the molecule is CC(C)C(=O)Nc1nc(Cl)ncc1F. The first-order valence-corrected chi connectivity index (χ1v) is 4.37. The van der Waals surface area contributed by atoms with E-state index in [1.54, 1.807) is 13.8 Å². The average molecular weight is 218 g/mol. The van der Waals surface area contributed by atoms with Crippen LogP contribution in [0.15, 0.2) is 6.20 Å². The fraction of sp³-hybridized carbons (Fsp3) is 0.375. The summed E-state index contributed by atoms with van der Waals surface area (Å²) in [6, 6.07) is 0. The monoisotopic (exact) mass is 217 g/mol. The molecule has 0 bridgehead atoms. The summed E-state index contributed by atoms with van der Waals surface area (Å²) in [5, 5.41) is 2.19. The van der Waals surface area contributed by atoms with Gasteiger partial charge in [0.1, 0.15) is 0 Å². The Morgan fingerprint density at radius 3 is 2.86 bits per heavy atom. The number of carbonyl (C=O) groups excluding carboxylic acids is 1. The smallest absolute Gasteiger partial charge is 0.228 e. The maximum absolute atomic E-state index is 13.0. The second-order valence-corrected chi connectivity index (χ2v) is 3.32. The number of hydrogen-bond acceptors (Lipinski definition) is 3. The molecule has 1 N–H and O–H groups in total. The van der Waals surface area contributed by atoms with Crippen molar-refractivity contribution in [3.63, 3.8) is 0 Å². The molecule has 0 aliphatic carbocycles. The van der Waals surface area contributed by atoms with Gasteiger partial charge < -0.3 is 5.32 Å². The lowest BCUT2D eigenvalue weighted by molar-refractivity contribution is -0.118. The molecule has 76 valence electrons. The molecule has 0 saturated heterocycles. The van der Waals surface area contributed by atoms with E-state index < -0.39 is 5.82 Å². The summed E-state index contributed by atoms with van der Waals surface area (Å²) < 4.78 is 13.0. The summed E-state index contributed by atoms with van der Waals surface area (Å²) in [5.41, 5.74) is 0. The molecule has 6 heteroatoms. The molecule has 0 aliphatic heterocycles.